The van der Waals surface area contributed by atoms with Crippen molar-refractivity contribution in [2.45, 2.75) is 57.5 Å². The van der Waals surface area contributed by atoms with E-state index in [0.717, 1.165) is 25.7 Å². The van der Waals surface area contributed by atoms with Gasteiger partial charge in [0.1, 0.15) is 5.82 Å². The zero-order chi connectivity index (χ0) is 24.6. The average Bonchev–Trinajstić information content (AvgIpc) is 3.39. The molecule has 2 N–H and O–H groups in total. The molecule has 1 heterocycles. The van der Waals surface area contributed by atoms with Crippen molar-refractivity contribution in [3.8, 4) is 0 Å². The molecule has 6 nitrogen and oxygen atoms in total. The molecule has 1 saturated heterocycles. The molecule has 1 aliphatic carbocycles. The van der Waals surface area contributed by atoms with Crippen LogP contribution in [0.4, 0.5) is 14.9 Å². The van der Waals surface area contributed by atoms with Crippen molar-refractivity contribution in [3.63, 3.8) is 0 Å². The number of hydrogen-bond acceptors (Lipinski definition) is 3. The second-order valence-electron chi connectivity index (χ2n) is 9.88. The molecule has 2 atom stereocenters. The average molecular weight is 481 g/mol. The Bertz CT molecular complexity index is 955. The van der Waals surface area contributed by atoms with Gasteiger partial charge in [0, 0.05) is 37.9 Å². The fraction of sp³-hybridized carbons (Fsp3) is 0.500. The lowest BCUT2D eigenvalue weighted by molar-refractivity contribution is -0.129. The van der Waals surface area contributed by atoms with E-state index < -0.39 is 0 Å². The van der Waals surface area contributed by atoms with Crippen LogP contribution in [0.3, 0.4) is 0 Å². The van der Waals surface area contributed by atoms with E-state index >= 15 is 0 Å². The van der Waals surface area contributed by atoms with Gasteiger partial charge >= 0.3 is 6.03 Å². The Balaban J connectivity index is 1.31. The lowest BCUT2D eigenvalue weighted by Gasteiger charge is -2.41. The van der Waals surface area contributed by atoms with E-state index in [2.05, 4.69) is 34.6 Å². The largest absolute Gasteiger partial charge is 0.352 e. The molecule has 2 aliphatic rings. The lowest BCUT2D eigenvalue weighted by Crippen LogP contribution is -2.59. The summed E-state index contributed by atoms with van der Waals surface area (Å²) in [7, 11) is 0. The fourth-order valence-electron chi connectivity index (χ4n) is 5.32. The first-order valence-electron chi connectivity index (χ1n) is 12.9. The number of carbonyl (C=O) groups excluding carboxylic acids is 2. The highest BCUT2D eigenvalue weighted by Gasteiger charge is 2.37. The van der Waals surface area contributed by atoms with Gasteiger partial charge in [0.2, 0.25) is 5.91 Å². The van der Waals surface area contributed by atoms with Crippen molar-refractivity contribution in [1.29, 1.82) is 0 Å². The number of nitrogens with zero attached hydrogens (tertiary/aromatic N) is 2. The van der Waals surface area contributed by atoms with Gasteiger partial charge in [0.05, 0.1) is 6.04 Å². The topological polar surface area (TPSA) is 64.7 Å². The number of carbonyl (C=O) groups is 2. The number of benzene rings is 2. The molecular weight excluding hydrogens is 443 g/mol. The predicted octanol–water partition coefficient (Wildman–Crippen LogP) is 4.67. The number of halogens is 1. The first kappa shape index (κ1) is 25.2. The van der Waals surface area contributed by atoms with Crippen LogP contribution in [0.1, 0.15) is 44.6 Å². The van der Waals surface area contributed by atoms with Crippen LogP contribution < -0.4 is 10.6 Å². The molecule has 188 valence electrons. The Labute approximate surface area is 207 Å². The van der Waals surface area contributed by atoms with Crippen molar-refractivity contribution in [2.75, 3.05) is 31.5 Å². The van der Waals surface area contributed by atoms with Gasteiger partial charge in [-0.15, -0.1) is 0 Å². The van der Waals surface area contributed by atoms with Crippen LogP contribution in [0.25, 0.3) is 0 Å². The molecule has 7 heteroatoms. The number of anilines is 1. The Hall–Kier alpha value is -2.93. The summed E-state index contributed by atoms with van der Waals surface area (Å²) in [6, 6.07) is 15.9. The van der Waals surface area contributed by atoms with Crippen molar-refractivity contribution >= 4 is 17.6 Å². The number of urea groups is 1. The minimum atomic E-state index is -0.331. The van der Waals surface area contributed by atoms with Gasteiger partial charge in [-0.25, -0.2) is 9.18 Å². The van der Waals surface area contributed by atoms with Gasteiger partial charge < -0.3 is 15.5 Å². The Morgan fingerprint density at radius 3 is 2.29 bits per heavy atom. The van der Waals surface area contributed by atoms with Crippen molar-refractivity contribution in [2.24, 2.45) is 5.92 Å². The van der Waals surface area contributed by atoms with E-state index in [9.17, 15) is 14.0 Å². The Morgan fingerprint density at radius 2 is 1.63 bits per heavy atom. The maximum absolute atomic E-state index is 13.5. The summed E-state index contributed by atoms with van der Waals surface area (Å²) >= 11 is 0. The first-order chi connectivity index (χ1) is 17.0. The summed E-state index contributed by atoms with van der Waals surface area (Å²) < 4.78 is 13.1. The van der Waals surface area contributed by atoms with E-state index in [1.165, 1.54) is 30.5 Å². The van der Waals surface area contributed by atoms with Gasteiger partial charge in [0.25, 0.3) is 0 Å². The van der Waals surface area contributed by atoms with Crippen LogP contribution in [0.15, 0.2) is 54.6 Å². The molecule has 1 aliphatic heterocycles. The van der Waals surface area contributed by atoms with Gasteiger partial charge in [0.15, 0.2) is 0 Å². The third-order valence-electron chi connectivity index (χ3n) is 7.30. The van der Waals surface area contributed by atoms with Crippen LogP contribution in [-0.4, -0.2) is 60.0 Å². The predicted molar refractivity (Wildman–Crippen MR) is 137 cm³/mol. The second-order valence-corrected chi connectivity index (χ2v) is 9.88. The molecule has 4 rings (SSSR count). The third-order valence-corrected chi connectivity index (χ3v) is 7.30. The summed E-state index contributed by atoms with van der Waals surface area (Å²) in [6.45, 7) is 4.55. The second kappa shape index (κ2) is 12.2. The molecule has 2 aromatic rings. The summed E-state index contributed by atoms with van der Waals surface area (Å²) in [5.41, 5.74) is 1.86. The fourth-order valence-corrected chi connectivity index (χ4v) is 5.32. The standard InChI is InChI=1S/C28H37FN4O2/c1-21(11-12-22-7-3-2-4-8-22)30-27(34)26(23-9-5-6-10-23)32-17-19-33(20-18-32)28(35)31-25-15-13-24(29)14-16-25/h2-4,7-8,13-16,21,23,26H,5-6,9-12,17-20H2,1H3,(H,30,34)(H,31,35)/t21-,26+/m0/s1. The molecule has 1 saturated carbocycles. The third kappa shape index (κ3) is 7.04. The van der Waals surface area contributed by atoms with Crippen molar-refractivity contribution in [3.05, 3.63) is 66.0 Å². The Kier molecular flexibility index (Phi) is 8.74. The monoisotopic (exact) mass is 480 g/mol. The molecule has 35 heavy (non-hydrogen) atoms. The molecule has 2 fully saturated rings. The minimum absolute atomic E-state index is 0.106. The molecular formula is C28H37FN4O2. The van der Waals surface area contributed by atoms with Crippen molar-refractivity contribution < 1.29 is 14.0 Å². The summed E-state index contributed by atoms with van der Waals surface area (Å²) in [5.74, 6) is 0.166. The van der Waals surface area contributed by atoms with Gasteiger partial charge in [-0.05, 0) is 68.4 Å². The van der Waals surface area contributed by atoms with E-state index in [1.54, 1.807) is 17.0 Å². The smallest absolute Gasteiger partial charge is 0.321 e. The number of hydrogen-bond donors (Lipinski definition) is 2. The normalized spacial score (nSPS) is 18.7. The van der Waals surface area contributed by atoms with Gasteiger partial charge in [-0.3, -0.25) is 9.69 Å². The number of rotatable bonds is 8. The number of piperazine rings is 1. The maximum Gasteiger partial charge on any atom is 0.321 e. The lowest BCUT2D eigenvalue weighted by atomic mass is 9.94. The van der Waals surface area contributed by atoms with E-state index in [1.807, 2.05) is 18.2 Å². The van der Waals surface area contributed by atoms with Crippen LogP contribution in [0, 0.1) is 11.7 Å². The van der Waals surface area contributed by atoms with Crippen LogP contribution >= 0.6 is 0 Å². The zero-order valence-electron chi connectivity index (χ0n) is 20.6. The highest BCUT2D eigenvalue weighted by atomic mass is 19.1. The Morgan fingerprint density at radius 1 is 0.971 bits per heavy atom. The molecule has 0 bridgehead atoms. The summed E-state index contributed by atoms with van der Waals surface area (Å²) in [5, 5.41) is 6.13. The quantitative estimate of drug-likeness (QED) is 0.577. The maximum atomic E-state index is 13.5. The van der Waals surface area contributed by atoms with E-state index in [4.69, 9.17) is 0 Å². The van der Waals surface area contributed by atoms with Crippen LogP contribution in [0.2, 0.25) is 0 Å². The van der Waals surface area contributed by atoms with E-state index in [-0.39, 0.29) is 29.8 Å². The van der Waals surface area contributed by atoms with Gasteiger partial charge in [-0.2, -0.15) is 0 Å². The SMILES string of the molecule is C[C@@H](CCc1ccccc1)NC(=O)[C@@H](C1CCCC1)N1CCN(C(=O)Nc2ccc(F)cc2)CC1. The number of aryl methyl sites for hydroxylation is 1. The molecule has 3 amide bonds. The van der Waals surface area contributed by atoms with Crippen LogP contribution in [0.5, 0.6) is 0 Å². The molecule has 0 unspecified atom stereocenters. The number of amides is 3. The summed E-state index contributed by atoms with van der Waals surface area (Å²) in [6.07, 6.45) is 6.38. The summed E-state index contributed by atoms with van der Waals surface area (Å²) in [4.78, 5) is 30.2. The number of nitrogens with one attached hydrogen (secondary N) is 2. The minimum Gasteiger partial charge on any atom is -0.352 e. The highest BCUT2D eigenvalue weighted by Crippen LogP contribution is 2.31. The molecule has 0 spiro atoms. The molecule has 2 aromatic carbocycles. The highest BCUT2D eigenvalue weighted by molar-refractivity contribution is 5.89. The van der Waals surface area contributed by atoms with E-state index in [0.29, 0.717) is 37.8 Å². The molecule has 0 aromatic heterocycles. The van der Waals surface area contributed by atoms with Crippen LogP contribution in [-0.2, 0) is 11.2 Å². The zero-order valence-corrected chi connectivity index (χ0v) is 20.6. The van der Waals surface area contributed by atoms with Gasteiger partial charge in [-0.1, -0.05) is 43.2 Å². The molecule has 0 radical (unpaired) electrons. The van der Waals surface area contributed by atoms with Crippen molar-refractivity contribution in [1.82, 2.24) is 15.1 Å². The first-order valence-corrected chi connectivity index (χ1v) is 12.9.